The minimum atomic E-state index is -0.362. The molecular weight excluding hydrogens is 342 g/mol. The highest BCUT2D eigenvalue weighted by Gasteiger charge is 2.19. The fourth-order valence-corrected chi connectivity index (χ4v) is 2.99. The van der Waals surface area contributed by atoms with Crippen LogP contribution in [0.3, 0.4) is 0 Å². The Hall–Kier alpha value is -1.68. The van der Waals surface area contributed by atoms with Crippen LogP contribution in [0.2, 0.25) is 0 Å². The number of hydrogen-bond donors (Lipinski definition) is 0. The molecule has 0 spiro atoms. The monoisotopic (exact) mass is 361 g/mol. The fraction of sp³-hybridized carbons (Fsp3) is 0.333. The number of pyridine rings is 1. The molecule has 1 heterocycles. The molecule has 0 saturated carbocycles. The standard InChI is InChI=1S/C18H20BrNO2/c1-4-15-16(19)14(10-13-8-6-5-7-9-13)11-20-17(15)18(21)22-12(2)3/h5-9,11-12H,4,10H2,1-3H3. The van der Waals surface area contributed by atoms with E-state index in [9.17, 15) is 4.79 Å². The van der Waals surface area contributed by atoms with Crippen LogP contribution in [0.4, 0.5) is 0 Å². The van der Waals surface area contributed by atoms with E-state index in [2.05, 4.69) is 33.0 Å². The second-order valence-electron chi connectivity index (χ2n) is 5.39. The van der Waals surface area contributed by atoms with Gasteiger partial charge in [0.05, 0.1) is 6.10 Å². The summed E-state index contributed by atoms with van der Waals surface area (Å²) >= 11 is 3.64. The summed E-state index contributed by atoms with van der Waals surface area (Å²) in [6, 6.07) is 10.2. The zero-order valence-electron chi connectivity index (χ0n) is 13.1. The van der Waals surface area contributed by atoms with Crippen molar-refractivity contribution in [1.29, 1.82) is 0 Å². The van der Waals surface area contributed by atoms with Gasteiger partial charge in [-0.2, -0.15) is 0 Å². The summed E-state index contributed by atoms with van der Waals surface area (Å²) in [7, 11) is 0. The van der Waals surface area contributed by atoms with E-state index in [4.69, 9.17) is 4.74 Å². The number of ether oxygens (including phenoxy) is 1. The number of hydrogen-bond acceptors (Lipinski definition) is 3. The summed E-state index contributed by atoms with van der Waals surface area (Å²) in [5.41, 5.74) is 3.59. The van der Waals surface area contributed by atoms with Gasteiger partial charge in [-0.25, -0.2) is 9.78 Å². The predicted octanol–water partition coefficient (Wildman–Crippen LogP) is 4.56. The van der Waals surface area contributed by atoms with Crippen molar-refractivity contribution >= 4 is 21.9 Å². The minimum Gasteiger partial charge on any atom is -0.458 e. The lowest BCUT2D eigenvalue weighted by molar-refractivity contribution is 0.0369. The molecule has 2 aromatic rings. The van der Waals surface area contributed by atoms with Crippen molar-refractivity contribution in [2.24, 2.45) is 0 Å². The number of esters is 1. The van der Waals surface area contributed by atoms with E-state index in [1.807, 2.05) is 39.0 Å². The Morgan fingerprint density at radius 1 is 1.27 bits per heavy atom. The molecule has 0 aliphatic carbocycles. The Morgan fingerprint density at radius 3 is 2.55 bits per heavy atom. The fourth-order valence-electron chi connectivity index (χ4n) is 2.28. The molecule has 3 nitrogen and oxygen atoms in total. The van der Waals surface area contributed by atoms with Gasteiger partial charge in [0, 0.05) is 17.1 Å². The maximum Gasteiger partial charge on any atom is 0.357 e. The molecule has 2 rings (SSSR count). The minimum absolute atomic E-state index is 0.151. The van der Waals surface area contributed by atoms with Crippen molar-refractivity contribution in [2.75, 3.05) is 0 Å². The van der Waals surface area contributed by atoms with Crippen molar-refractivity contribution in [3.05, 3.63) is 63.4 Å². The maximum atomic E-state index is 12.2. The smallest absolute Gasteiger partial charge is 0.357 e. The van der Waals surface area contributed by atoms with Gasteiger partial charge in [0.2, 0.25) is 0 Å². The molecule has 0 aliphatic heterocycles. The summed E-state index contributed by atoms with van der Waals surface area (Å²) in [4.78, 5) is 16.5. The van der Waals surface area contributed by atoms with Gasteiger partial charge in [-0.1, -0.05) is 53.2 Å². The molecule has 0 atom stereocenters. The van der Waals surface area contributed by atoms with E-state index >= 15 is 0 Å². The zero-order chi connectivity index (χ0) is 16.1. The Morgan fingerprint density at radius 2 is 1.95 bits per heavy atom. The molecule has 22 heavy (non-hydrogen) atoms. The number of aromatic nitrogens is 1. The first kappa shape index (κ1) is 16.7. The topological polar surface area (TPSA) is 39.2 Å². The van der Waals surface area contributed by atoms with Gasteiger partial charge in [-0.05, 0) is 37.0 Å². The largest absolute Gasteiger partial charge is 0.458 e. The maximum absolute atomic E-state index is 12.2. The molecule has 1 aromatic heterocycles. The average molecular weight is 362 g/mol. The zero-order valence-corrected chi connectivity index (χ0v) is 14.7. The summed E-state index contributed by atoms with van der Waals surface area (Å²) in [6.07, 6.45) is 3.11. The number of rotatable bonds is 5. The molecule has 0 bridgehead atoms. The second kappa shape index (κ2) is 7.54. The highest BCUT2D eigenvalue weighted by atomic mass is 79.9. The van der Waals surface area contributed by atoms with Crippen molar-refractivity contribution < 1.29 is 9.53 Å². The lowest BCUT2D eigenvalue weighted by Crippen LogP contribution is -2.16. The van der Waals surface area contributed by atoms with Crippen molar-refractivity contribution in [2.45, 2.75) is 39.7 Å². The van der Waals surface area contributed by atoms with Crippen LogP contribution < -0.4 is 0 Å². The normalized spacial score (nSPS) is 10.8. The molecule has 0 saturated heterocycles. The van der Waals surface area contributed by atoms with Crippen LogP contribution in [0.15, 0.2) is 41.0 Å². The van der Waals surface area contributed by atoms with E-state index < -0.39 is 0 Å². The van der Waals surface area contributed by atoms with Crippen LogP contribution >= 0.6 is 15.9 Å². The molecule has 0 N–H and O–H groups in total. The van der Waals surface area contributed by atoms with E-state index in [0.717, 1.165) is 28.4 Å². The van der Waals surface area contributed by atoms with Crippen LogP contribution in [0.5, 0.6) is 0 Å². The lowest BCUT2D eigenvalue weighted by atomic mass is 10.0. The van der Waals surface area contributed by atoms with Crippen LogP contribution in [0.1, 0.15) is 48.0 Å². The van der Waals surface area contributed by atoms with Crippen LogP contribution in [0.25, 0.3) is 0 Å². The Kier molecular flexibility index (Phi) is 5.72. The molecule has 0 amide bonds. The number of carbonyl (C=O) groups is 1. The van der Waals surface area contributed by atoms with E-state index in [1.54, 1.807) is 6.20 Å². The van der Waals surface area contributed by atoms with Gasteiger partial charge in [-0.15, -0.1) is 0 Å². The van der Waals surface area contributed by atoms with Crippen molar-refractivity contribution in [1.82, 2.24) is 4.98 Å². The third-order valence-electron chi connectivity index (χ3n) is 3.31. The van der Waals surface area contributed by atoms with E-state index in [0.29, 0.717) is 5.69 Å². The van der Waals surface area contributed by atoms with Gasteiger partial charge >= 0.3 is 5.97 Å². The first-order chi connectivity index (χ1) is 10.5. The average Bonchev–Trinajstić information content (AvgIpc) is 2.49. The number of nitrogens with zero attached hydrogens (tertiary/aromatic N) is 1. The summed E-state index contributed by atoms with van der Waals surface area (Å²) in [5.74, 6) is -0.362. The highest BCUT2D eigenvalue weighted by Crippen LogP contribution is 2.27. The van der Waals surface area contributed by atoms with Crippen molar-refractivity contribution in [3.8, 4) is 0 Å². The third-order valence-corrected chi connectivity index (χ3v) is 4.30. The molecule has 116 valence electrons. The third kappa shape index (κ3) is 3.95. The van der Waals surface area contributed by atoms with Gasteiger partial charge in [0.15, 0.2) is 5.69 Å². The van der Waals surface area contributed by atoms with Gasteiger partial charge in [-0.3, -0.25) is 0 Å². The van der Waals surface area contributed by atoms with Gasteiger partial charge < -0.3 is 4.74 Å². The highest BCUT2D eigenvalue weighted by molar-refractivity contribution is 9.10. The van der Waals surface area contributed by atoms with E-state index in [1.165, 1.54) is 5.56 Å². The molecule has 0 unspecified atom stereocenters. The molecule has 0 radical (unpaired) electrons. The molecule has 0 fully saturated rings. The Balaban J connectivity index is 2.34. The van der Waals surface area contributed by atoms with Crippen LogP contribution in [-0.4, -0.2) is 17.1 Å². The molecule has 4 heteroatoms. The molecular formula is C18H20BrNO2. The first-order valence-corrected chi connectivity index (χ1v) is 8.23. The second-order valence-corrected chi connectivity index (χ2v) is 6.19. The SMILES string of the molecule is CCc1c(C(=O)OC(C)C)ncc(Cc2ccccc2)c1Br. The molecule has 0 aliphatic rings. The summed E-state index contributed by atoms with van der Waals surface area (Å²) in [5, 5.41) is 0. The summed E-state index contributed by atoms with van der Waals surface area (Å²) < 4.78 is 6.22. The van der Waals surface area contributed by atoms with Crippen molar-refractivity contribution in [3.63, 3.8) is 0 Å². The number of carbonyl (C=O) groups excluding carboxylic acids is 1. The summed E-state index contributed by atoms with van der Waals surface area (Å²) in [6.45, 7) is 5.69. The lowest BCUT2D eigenvalue weighted by Gasteiger charge is -2.14. The first-order valence-electron chi connectivity index (χ1n) is 7.44. The van der Waals surface area contributed by atoms with Gasteiger partial charge in [0.1, 0.15) is 0 Å². The Labute approximate surface area is 139 Å². The van der Waals surface area contributed by atoms with Gasteiger partial charge in [0.25, 0.3) is 0 Å². The molecule has 1 aromatic carbocycles. The van der Waals surface area contributed by atoms with Crippen LogP contribution in [-0.2, 0) is 17.6 Å². The van der Waals surface area contributed by atoms with E-state index in [-0.39, 0.29) is 12.1 Å². The number of benzene rings is 1. The quantitative estimate of drug-likeness (QED) is 0.732. The Bertz CT molecular complexity index is 654. The van der Waals surface area contributed by atoms with Crippen LogP contribution in [0, 0.1) is 0 Å². The number of halogens is 1. The predicted molar refractivity (Wildman–Crippen MR) is 91.1 cm³/mol.